The molecule has 0 saturated carbocycles. The van der Waals surface area contributed by atoms with E-state index < -0.39 is 0 Å². The van der Waals surface area contributed by atoms with Crippen molar-refractivity contribution in [3.05, 3.63) is 39.8 Å². The summed E-state index contributed by atoms with van der Waals surface area (Å²) in [5.41, 5.74) is 1.88. The lowest BCUT2D eigenvalue weighted by atomic mass is 10.2. The van der Waals surface area contributed by atoms with E-state index in [0.717, 1.165) is 40.5 Å². The zero-order valence-corrected chi connectivity index (χ0v) is 13.4. The van der Waals surface area contributed by atoms with Gasteiger partial charge < -0.3 is 0 Å². The first-order chi connectivity index (χ1) is 9.65. The van der Waals surface area contributed by atoms with E-state index in [1.165, 1.54) is 11.3 Å². The highest BCUT2D eigenvalue weighted by Crippen LogP contribution is 2.27. The number of anilines is 2. The second kappa shape index (κ2) is 5.54. The third kappa shape index (κ3) is 2.58. The molecule has 20 heavy (non-hydrogen) atoms. The van der Waals surface area contributed by atoms with Crippen molar-refractivity contribution in [1.82, 2.24) is 4.98 Å². The number of halogens is 1. The number of urea groups is 1. The van der Waals surface area contributed by atoms with E-state index in [9.17, 15) is 4.79 Å². The number of amides is 2. The van der Waals surface area contributed by atoms with Gasteiger partial charge in [0.2, 0.25) is 0 Å². The molecule has 0 atom stereocenters. The number of rotatable bonds is 2. The largest absolute Gasteiger partial charge is 0.330 e. The maximum atomic E-state index is 12.6. The monoisotopic (exact) mass is 351 g/mol. The van der Waals surface area contributed by atoms with Gasteiger partial charge in [-0.1, -0.05) is 15.9 Å². The van der Waals surface area contributed by atoms with Gasteiger partial charge in [-0.15, -0.1) is 11.3 Å². The number of hydrogen-bond donors (Lipinski definition) is 0. The van der Waals surface area contributed by atoms with E-state index in [1.807, 2.05) is 41.5 Å². The zero-order chi connectivity index (χ0) is 14.1. The number of aromatic nitrogens is 1. The SMILES string of the molecule is Cc1csc(N2CCCN(c3ccc(Br)cc3)C2=O)n1. The van der Waals surface area contributed by atoms with Crippen LogP contribution in [0.2, 0.25) is 0 Å². The number of thiazole rings is 1. The fraction of sp³-hybridized carbons (Fsp3) is 0.286. The minimum Gasteiger partial charge on any atom is -0.294 e. The molecule has 1 aromatic heterocycles. The van der Waals surface area contributed by atoms with Crippen LogP contribution in [-0.4, -0.2) is 24.1 Å². The van der Waals surface area contributed by atoms with Gasteiger partial charge in [0, 0.05) is 28.6 Å². The lowest BCUT2D eigenvalue weighted by Gasteiger charge is -2.34. The average molecular weight is 352 g/mol. The average Bonchev–Trinajstić information content (AvgIpc) is 2.87. The first-order valence-corrected chi connectivity index (χ1v) is 8.09. The maximum absolute atomic E-state index is 12.6. The minimum absolute atomic E-state index is 0.00734. The molecule has 0 bridgehead atoms. The number of aryl methyl sites for hydroxylation is 1. The fourth-order valence-corrected chi connectivity index (χ4v) is 3.31. The topological polar surface area (TPSA) is 36.4 Å². The van der Waals surface area contributed by atoms with Crippen LogP contribution in [-0.2, 0) is 0 Å². The summed E-state index contributed by atoms with van der Waals surface area (Å²) in [6.45, 7) is 3.43. The molecule has 1 aliphatic rings. The summed E-state index contributed by atoms with van der Waals surface area (Å²) in [4.78, 5) is 20.6. The number of hydrogen-bond acceptors (Lipinski definition) is 3. The van der Waals surface area contributed by atoms with Gasteiger partial charge in [-0.3, -0.25) is 9.80 Å². The number of carbonyl (C=O) groups is 1. The number of benzene rings is 1. The molecule has 0 spiro atoms. The summed E-state index contributed by atoms with van der Waals surface area (Å²) < 4.78 is 1.01. The van der Waals surface area contributed by atoms with Gasteiger partial charge in [0.15, 0.2) is 5.13 Å². The molecular weight excluding hydrogens is 338 g/mol. The molecule has 1 fully saturated rings. The number of carbonyl (C=O) groups excluding carboxylic acids is 1. The Morgan fingerprint density at radius 2 is 1.90 bits per heavy atom. The third-order valence-electron chi connectivity index (χ3n) is 3.20. The molecule has 0 aliphatic carbocycles. The summed E-state index contributed by atoms with van der Waals surface area (Å²) in [6, 6.07) is 7.83. The Morgan fingerprint density at radius 3 is 2.55 bits per heavy atom. The summed E-state index contributed by atoms with van der Waals surface area (Å²) in [6.07, 6.45) is 0.945. The summed E-state index contributed by atoms with van der Waals surface area (Å²) >= 11 is 4.93. The second-order valence-electron chi connectivity index (χ2n) is 4.69. The third-order valence-corrected chi connectivity index (χ3v) is 4.71. The molecule has 4 nitrogen and oxygen atoms in total. The molecule has 3 rings (SSSR count). The second-order valence-corrected chi connectivity index (χ2v) is 6.44. The Labute approximate surface area is 130 Å². The molecule has 6 heteroatoms. The highest BCUT2D eigenvalue weighted by molar-refractivity contribution is 9.10. The van der Waals surface area contributed by atoms with Crippen LogP contribution < -0.4 is 9.80 Å². The molecule has 2 heterocycles. The molecule has 2 aromatic rings. The molecule has 1 aliphatic heterocycles. The Morgan fingerprint density at radius 1 is 1.20 bits per heavy atom. The van der Waals surface area contributed by atoms with Crippen LogP contribution >= 0.6 is 27.3 Å². The summed E-state index contributed by atoms with van der Waals surface area (Å²) in [7, 11) is 0. The van der Waals surface area contributed by atoms with Crippen LogP contribution in [0.4, 0.5) is 15.6 Å². The Kier molecular flexibility index (Phi) is 3.76. The van der Waals surface area contributed by atoms with Crippen molar-refractivity contribution in [2.24, 2.45) is 0 Å². The lowest BCUT2D eigenvalue weighted by Crippen LogP contribution is -2.49. The molecular formula is C14H14BrN3OS. The highest BCUT2D eigenvalue weighted by atomic mass is 79.9. The van der Waals surface area contributed by atoms with Gasteiger partial charge in [-0.2, -0.15) is 0 Å². The molecule has 0 radical (unpaired) electrons. The van der Waals surface area contributed by atoms with Crippen LogP contribution in [0.3, 0.4) is 0 Å². The molecule has 0 N–H and O–H groups in total. The van der Waals surface area contributed by atoms with E-state index in [1.54, 1.807) is 4.90 Å². The van der Waals surface area contributed by atoms with E-state index in [-0.39, 0.29) is 6.03 Å². The Hall–Kier alpha value is -1.40. The van der Waals surface area contributed by atoms with Crippen LogP contribution in [0.25, 0.3) is 0 Å². The van der Waals surface area contributed by atoms with Gasteiger partial charge in [0.25, 0.3) is 0 Å². The van der Waals surface area contributed by atoms with Crippen molar-refractivity contribution < 1.29 is 4.79 Å². The van der Waals surface area contributed by atoms with Crippen molar-refractivity contribution in [2.75, 3.05) is 22.9 Å². The predicted molar refractivity (Wildman–Crippen MR) is 85.7 cm³/mol. The van der Waals surface area contributed by atoms with Crippen LogP contribution in [0.1, 0.15) is 12.1 Å². The van der Waals surface area contributed by atoms with E-state index in [0.29, 0.717) is 0 Å². The number of nitrogens with zero attached hydrogens (tertiary/aromatic N) is 3. The molecule has 0 unspecified atom stereocenters. The molecule has 104 valence electrons. The van der Waals surface area contributed by atoms with Crippen LogP contribution in [0, 0.1) is 6.92 Å². The minimum atomic E-state index is 0.00734. The normalized spacial score (nSPS) is 15.8. The first-order valence-electron chi connectivity index (χ1n) is 6.42. The fourth-order valence-electron chi connectivity index (χ4n) is 2.23. The van der Waals surface area contributed by atoms with E-state index >= 15 is 0 Å². The molecule has 1 saturated heterocycles. The lowest BCUT2D eigenvalue weighted by molar-refractivity contribution is 0.248. The zero-order valence-electron chi connectivity index (χ0n) is 11.0. The molecule has 2 amide bonds. The molecule has 1 aromatic carbocycles. The van der Waals surface area contributed by atoms with Gasteiger partial charge >= 0.3 is 6.03 Å². The quantitative estimate of drug-likeness (QED) is 0.818. The summed E-state index contributed by atoms with van der Waals surface area (Å²) in [5, 5.41) is 2.76. The summed E-state index contributed by atoms with van der Waals surface area (Å²) in [5.74, 6) is 0. The Balaban J connectivity index is 1.86. The maximum Gasteiger partial charge on any atom is 0.330 e. The first kappa shape index (κ1) is 13.6. The van der Waals surface area contributed by atoms with Gasteiger partial charge in [0.05, 0.1) is 5.69 Å². The predicted octanol–water partition coefficient (Wildman–Crippen LogP) is 4.05. The van der Waals surface area contributed by atoms with Crippen molar-refractivity contribution in [2.45, 2.75) is 13.3 Å². The van der Waals surface area contributed by atoms with Crippen molar-refractivity contribution >= 4 is 44.1 Å². The Bertz CT molecular complexity index is 626. The van der Waals surface area contributed by atoms with Crippen molar-refractivity contribution in [1.29, 1.82) is 0 Å². The van der Waals surface area contributed by atoms with Gasteiger partial charge in [0.1, 0.15) is 0 Å². The van der Waals surface area contributed by atoms with Crippen molar-refractivity contribution in [3.8, 4) is 0 Å². The van der Waals surface area contributed by atoms with Crippen LogP contribution in [0.5, 0.6) is 0 Å². The van der Waals surface area contributed by atoms with Gasteiger partial charge in [-0.05, 0) is 37.6 Å². The van der Waals surface area contributed by atoms with Crippen LogP contribution in [0.15, 0.2) is 34.1 Å². The van der Waals surface area contributed by atoms with E-state index in [2.05, 4.69) is 20.9 Å². The smallest absolute Gasteiger partial charge is 0.294 e. The van der Waals surface area contributed by atoms with Crippen molar-refractivity contribution in [3.63, 3.8) is 0 Å². The van der Waals surface area contributed by atoms with Gasteiger partial charge in [-0.25, -0.2) is 9.78 Å². The standard InChI is InChI=1S/C14H14BrN3OS/c1-10-9-20-13(16-10)18-8-2-7-17(14(18)19)12-5-3-11(15)4-6-12/h3-6,9H,2,7-8H2,1H3. The van der Waals surface area contributed by atoms with E-state index in [4.69, 9.17) is 0 Å². The highest BCUT2D eigenvalue weighted by Gasteiger charge is 2.29.